The van der Waals surface area contributed by atoms with Crippen LogP contribution in [0.2, 0.25) is 0 Å². The van der Waals surface area contributed by atoms with Crippen LogP contribution in [0.5, 0.6) is 0 Å². The average molecular weight is 444 g/mol. The van der Waals surface area contributed by atoms with E-state index in [0.717, 1.165) is 0 Å². The van der Waals surface area contributed by atoms with Crippen LogP contribution in [0.15, 0.2) is 10.6 Å². The van der Waals surface area contributed by atoms with Crippen LogP contribution >= 0.6 is 0 Å². The van der Waals surface area contributed by atoms with Gasteiger partial charge in [0, 0.05) is 13.5 Å². The number of amides is 3. The van der Waals surface area contributed by atoms with E-state index in [1.54, 1.807) is 17.9 Å². The van der Waals surface area contributed by atoms with Gasteiger partial charge < -0.3 is 19.5 Å². The maximum atomic E-state index is 15.8. The molecule has 1 aromatic carbocycles. The van der Waals surface area contributed by atoms with Crippen LogP contribution in [0, 0.1) is 11.2 Å². The largest absolute Gasteiger partial charge is 0.372 e. The second-order valence-corrected chi connectivity index (χ2v) is 8.66. The molecule has 1 aromatic heterocycles. The summed E-state index contributed by atoms with van der Waals surface area (Å²) in [5, 5.41) is 8.76. The number of ketones is 1. The van der Waals surface area contributed by atoms with Gasteiger partial charge in [-0.05, 0) is 31.9 Å². The first-order chi connectivity index (χ1) is 15.1. The fourth-order valence-electron chi connectivity index (χ4n) is 5.40. The molecule has 2 N–H and O–H groups in total. The molecule has 5 rings (SSSR count). The minimum atomic E-state index is -1.62. The van der Waals surface area contributed by atoms with Crippen LogP contribution in [0.1, 0.15) is 32.8 Å². The number of hydrogen-bond acceptors (Lipinski definition) is 8. The Morgan fingerprint density at radius 2 is 2.09 bits per heavy atom. The van der Waals surface area contributed by atoms with Gasteiger partial charge in [0.2, 0.25) is 23.3 Å². The third-order valence-electron chi connectivity index (χ3n) is 6.47. The number of nitrogens with one attached hydrogen (secondary N) is 2. The summed E-state index contributed by atoms with van der Waals surface area (Å²) in [6.07, 6.45) is -1.45. The standard InChI is InChI=1S/C21H21FN4O6/c1-8-7-26-16-11(4-12-17(15(16)22)32-25-19(12)23-10(3)27)6-21(18(26)9(2)31-8)13(28)5-14(29)24-20(21)30/h4,8-9,18H,5-7H2,1-3H3,(H,23,25,27)(H,24,29,30)/t8-,9+,18-,21?/m1/s1. The number of carbonyl (C=O) groups excluding carboxylic acids is 4. The summed E-state index contributed by atoms with van der Waals surface area (Å²) in [5.41, 5.74) is -1.16. The summed E-state index contributed by atoms with van der Waals surface area (Å²) < 4.78 is 26.9. The Balaban J connectivity index is 1.76. The van der Waals surface area contributed by atoms with E-state index in [1.807, 2.05) is 6.92 Å². The highest BCUT2D eigenvalue weighted by Gasteiger charge is 2.62. The number of aromatic nitrogens is 1. The highest BCUT2D eigenvalue weighted by molar-refractivity contribution is 6.22. The Morgan fingerprint density at radius 3 is 2.78 bits per heavy atom. The number of imide groups is 1. The fourth-order valence-corrected chi connectivity index (χ4v) is 5.40. The van der Waals surface area contributed by atoms with Gasteiger partial charge in [-0.3, -0.25) is 24.5 Å². The second-order valence-electron chi connectivity index (χ2n) is 8.66. The summed E-state index contributed by atoms with van der Waals surface area (Å²) in [4.78, 5) is 51.5. The zero-order valence-corrected chi connectivity index (χ0v) is 17.7. The van der Waals surface area contributed by atoms with Crippen molar-refractivity contribution < 1.29 is 32.8 Å². The molecule has 2 fully saturated rings. The molecule has 11 heteroatoms. The van der Waals surface area contributed by atoms with Gasteiger partial charge in [0.05, 0.1) is 35.7 Å². The Kier molecular flexibility index (Phi) is 4.39. The average Bonchev–Trinajstić information content (AvgIpc) is 3.07. The lowest BCUT2D eigenvalue weighted by atomic mass is 9.63. The van der Waals surface area contributed by atoms with Crippen LogP contribution in [-0.4, -0.2) is 53.5 Å². The van der Waals surface area contributed by atoms with Gasteiger partial charge in [0.1, 0.15) is 5.41 Å². The Morgan fingerprint density at radius 1 is 1.34 bits per heavy atom. The lowest BCUT2D eigenvalue weighted by molar-refractivity contribution is -0.158. The molecule has 3 aliphatic rings. The molecule has 168 valence electrons. The van der Waals surface area contributed by atoms with E-state index in [1.165, 1.54) is 6.92 Å². The second kappa shape index (κ2) is 6.83. The summed E-state index contributed by atoms with van der Waals surface area (Å²) in [6.45, 7) is 5.07. The number of fused-ring (bicyclic) bond motifs is 5. The van der Waals surface area contributed by atoms with Crippen molar-refractivity contribution in [2.24, 2.45) is 5.41 Å². The maximum Gasteiger partial charge on any atom is 0.242 e. The van der Waals surface area contributed by atoms with E-state index in [2.05, 4.69) is 15.8 Å². The Labute approximate surface area is 181 Å². The quantitative estimate of drug-likeness (QED) is 0.493. The van der Waals surface area contributed by atoms with Gasteiger partial charge >= 0.3 is 0 Å². The lowest BCUT2D eigenvalue weighted by Crippen LogP contribution is -2.72. The molecule has 0 bridgehead atoms. The van der Waals surface area contributed by atoms with Crippen LogP contribution in [0.4, 0.5) is 15.9 Å². The Hall–Kier alpha value is -3.34. The monoisotopic (exact) mass is 444 g/mol. The van der Waals surface area contributed by atoms with Crippen molar-refractivity contribution in [3.8, 4) is 0 Å². The molecule has 10 nitrogen and oxygen atoms in total. The van der Waals surface area contributed by atoms with Gasteiger partial charge in [-0.2, -0.15) is 0 Å². The van der Waals surface area contributed by atoms with E-state index >= 15 is 4.39 Å². The molecular formula is C21H21FN4O6. The van der Waals surface area contributed by atoms with E-state index in [9.17, 15) is 19.2 Å². The molecule has 0 radical (unpaired) electrons. The first kappa shape index (κ1) is 20.6. The predicted octanol–water partition coefficient (Wildman–Crippen LogP) is 1.07. The highest BCUT2D eigenvalue weighted by Crippen LogP contribution is 2.50. The summed E-state index contributed by atoms with van der Waals surface area (Å²) in [7, 11) is 0. The minimum absolute atomic E-state index is 0.0451. The summed E-state index contributed by atoms with van der Waals surface area (Å²) in [6, 6.07) is 0.770. The molecule has 0 saturated carbocycles. The van der Waals surface area contributed by atoms with Crippen molar-refractivity contribution in [3.63, 3.8) is 0 Å². The number of ether oxygens (including phenoxy) is 1. The number of Topliss-reactive ketones (excluding diaryl/α,β-unsaturated/α-hetero) is 1. The molecule has 3 aliphatic heterocycles. The molecule has 2 aromatic rings. The van der Waals surface area contributed by atoms with Gasteiger partial charge in [-0.15, -0.1) is 0 Å². The molecule has 1 spiro atoms. The predicted molar refractivity (Wildman–Crippen MR) is 108 cm³/mol. The smallest absolute Gasteiger partial charge is 0.242 e. The van der Waals surface area contributed by atoms with Gasteiger partial charge in [0.15, 0.2) is 17.4 Å². The first-order valence-electron chi connectivity index (χ1n) is 10.3. The number of nitrogens with zero attached hydrogens (tertiary/aromatic N) is 2. The molecule has 1 unspecified atom stereocenters. The summed E-state index contributed by atoms with van der Waals surface area (Å²) >= 11 is 0. The molecule has 32 heavy (non-hydrogen) atoms. The zero-order chi connectivity index (χ0) is 22.9. The fraction of sp³-hybridized carbons (Fsp3) is 0.476. The zero-order valence-electron chi connectivity index (χ0n) is 17.7. The van der Waals surface area contributed by atoms with Crippen LogP contribution in [0.3, 0.4) is 0 Å². The van der Waals surface area contributed by atoms with Gasteiger partial charge in [0.25, 0.3) is 0 Å². The molecule has 4 heterocycles. The highest BCUT2D eigenvalue weighted by atomic mass is 19.1. The third kappa shape index (κ3) is 2.70. The van der Waals surface area contributed by atoms with Gasteiger partial charge in [-0.1, -0.05) is 5.16 Å². The maximum absolute atomic E-state index is 15.8. The van der Waals surface area contributed by atoms with Crippen LogP contribution in [0.25, 0.3) is 11.0 Å². The van der Waals surface area contributed by atoms with Crippen molar-refractivity contribution in [1.29, 1.82) is 0 Å². The van der Waals surface area contributed by atoms with Crippen LogP contribution in [-0.2, 0) is 30.3 Å². The van der Waals surface area contributed by atoms with Crippen molar-refractivity contribution in [3.05, 3.63) is 17.4 Å². The molecular weight excluding hydrogens is 423 g/mol. The molecule has 0 aliphatic carbocycles. The topological polar surface area (TPSA) is 131 Å². The number of rotatable bonds is 1. The Bertz CT molecular complexity index is 1190. The number of anilines is 2. The van der Waals surface area contributed by atoms with Crippen molar-refractivity contribution in [2.45, 2.75) is 51.9 Å². The number of morpholine rings is 1. The van der Waals surface area contributed by atoms with Crippen molar-refractivity contribution >= 4 is 46.0 Å². The number of carbonyl (C=O) groups is 4. The van der Waals surface area contributed by atoms with E-state index in [0.29, 0.717) is 5.56 Å². The number of hydrogen-bond donors (Lipinski definition) is 2. The van der Waals surface area contributed by atoms with E-state index in [-0.39, 0.29) is 41.5 Å². The lowest BCUT2D eigenvalue weighted by Gasteiger charge is -2.55. The van der Waals surface area contributed by atoms with Crippen molar-refractivity contribution in [1.82, 2.24) is 10.5 Å². The third-order valence-corrected chi connectivity index (χ3v) is 6.47. The minimum Gasteiger partial charge on any atom is -0.372 e. The normalized spacial score (nSPS) is 29.7. The summed E-state index contributed by atoms with van der Waals surface area (Å²) in [5.74, 6) is -2.95. The molecule has 4 atom stereocenters. The van der Waals surface area contributed by atoms with E-state index < -0.39 is 53.3 Å². The molecule has 3 amide bonds. The number of benzene rings is 1. The number of halogens is 1. The van der Waals surface area contributed by atoms with Crippen LogP contribution < -0.4 is 15.5 Å². The van der Waals surface area contributed by atoms with Crippen molar-refractivity contribution in [2.75, 3.05) is 16.8 Å². The first-order valence-corrected chi connectivity index (χ1v) is 10.3. The number of piperidine rings is 1. The molecule has 2 saturated heterocycles. The SMILES string of the molecule is CC(=O)Nc1noc2c(F)c3c(cc12)CC1(C(=O)CC(=O)NC1=O)[C@H]1[C@H](C)O[C@H](C)CN31. The van der Waals surface area contributed by atoms with Gasteiger partial charge in [-0.25, -0.2) is 4.39 Å². The van der Waals surface area contributed by atoms with E-state index in [4.69, 9.17) is 9.26 Å².